The van der Waals surface area contributed by atoms with E-state index in [1.165, 1.54) is 0 Å². The number of benzene rings is 2. The van der Waals surface area contributed by atoms with Crippen molar-refractivity contribution in [2.75, 3.05) is 11.9 Å². The van der Waals surface area contributed by atoms with Gasteiger partial charge in [0.25, 0.3) is 0 Å². The number of nitrogens with zero attached hydrogens (tertiary/aromatic N) is 4. The molecule has 5 aromatic rings. The Balaban J connectivity index is 1.31. The van der Waals surface area contributed by atoms with Gasteiger partial charge >= 0.3 is 0 Å². The zero-order chi connectivity index (χ0) is 25.6. The van der Waals surface area contributed by atoms with Gasteiger partial charge in [0.2, 0.25) is 5.88 Å². The second kappa shape index (κ2) is 8.75. The van der Waals surface area contributed by atoms with Gasteiger partial charge in [0.1, 0.15) is 11.5 Å². The van der Waals surface area contributed by atoms with E-state index in [-0.39, 0.29) is 11.2 Å². The fourth-order valence-corrected chi connectivity index (χ4v) is 4.97. The Morgan fingerprint density at radius 1 is 0.838 bits per heavy atom. The van der Waals surface area contributed by atoms with E-state index in [0.29, 0.717) is 11.6 Å². The lowest BCUT2D eigenvalue weighted by Gasteiger charge is -2.21. The van der Waals surface area contributed by atoms with Crippen molar-refractivity contribution in [2.24, 2.45) is 0 Å². The molecule has 1 aliphatic rings. The van der Waals surface area contributed by atoms with Gasteiger partial charge in [0, 0.05) is 47.7 Å². The molecule has 0 spiro atoms. The molecule has 182 valence electrons. The third kappa shape index (κ3) is 3.96. The monoisotopic (exact) mass is 486 g/mol. The number of phenolic OH excluding ortho intramolecular Hbond substituents is 1. The molecule has 6 heteroatoms. The lowest BCUT2D eigenvalue weighted by molar-refractivity contribution is 0.463. The van der Waals surface area contributed by atoms with Crippen LogP contribution in [0.2, 0.25) is 0 Å². The highest BCUT2D eigenvalue weighted by molar-refractivity contribution is 5.83. The summed E-state index contributed by atoms with van der Waals surface area (Å²) in [5, 5.41) is 10.6. The van der Waals surface area contributed by atoms with Crippen molar-refractivity contribution in [3.05, 3.63) is 109 Å². The summed E-state index contributed by atoms with van der Waals surface area (Å²) in [7, 11) is 1.98. The molecule has 0 aliphatic heterocycles. The molecule has 3 heterocycles. The summed E-state index contributed by atoms with van der Waals surface area (Å²) in [6.07, 6.45) is 5.30. The van der Waals surface area contributed by atoms with Crippen LogP contribution in [-0.2, 0) is 5.41 Å². The zero-order valence-corrected chi connectivity index (χ0v) is 20.9. The van der Waals surface area contributed by atoms with Gasteiger partial charge in [-0.15, -0.1) is 0 Å². The van der Waals surface area contributed by atoms with E-state index < -0.39 is 0 Å². The number of ether oxygens (including phenoxy) is 1. The molecule has 3 aromatic heterocycles. The molecule has 0 bridgehead atoms. The van der Waals surface area contributed by atoms with Gasteiger partial charge in [-0.25, -0.2) is 9.97 Å². The quantitative estimate of drug-likeness (QED) is 0.285. The second-order valence-electron chi connectivity index (χ2n) is 9.67. The van der Waals surface area contributed by atoms with Crippen molar-refractivity contribution >= 4 is 11.4 Å². The Labute approximate surface area is 215 Å². The maximum atomic E-state index is 10.6. The largest absolute Gasteiger partial charge is 0.507 e. The van der Waals surface area contributed by atoms with Gasteiger partial charge < -0.3 is 14.7 Å². The van der Waals surface area contributed by atoms with E-state index >= 15 is 0 Å². The standard InChI is InChI=1S/C31H26N4O2/c1-31(2)24-10-5-11-27(36)29(24)30-25(31)12-13-26(34-30)20-7-4-9-23(17-20)37-28-18-21(14-16-33-28)35(3)22-8-6-15-32-19-22/h4-19,36H,1-3H3. The summed E-state index contributed by atoms with van der Waals surface area (Å²) in [4.78, 5) is 15.6. The van der Waals surface area contributed by atoms with Crippen LogP contribution < -0.4 is 9.64 Å². The van der Waals surface area contributed by atoms with Crippen molar-refractivity contribution in [2.45, 2.75) is 19.3 Å². The molecule has 0 saturated heterocycles. The summed E-state index contributed by atoms with van der Waals surface area (Å²) in [5.74, 6) is 1.42. The number of phenols is 1. The molecule has 0 atom stereocenters. The van der Waals surface area contributed by atoms with Gasteiger partial charge in [-0.2, -0.15) is 0 Å². The summed E-state index contributed by atoms with van der Waals surface area (Å²) in [6, 6.07) is 25.4. The minimum absolute atomic E-state index is 0.223. The molecule has 1 aliphatic carbocycles. The van der Waals surface area contributed by atoms with Gasteiger partial charge in [-0.3, -0.25) is 4.98 Å². The first-order valence-corrected chi connectivity index (χ1v) is 12.1. The van der Waals surface area contributed by atoms with Crippen LogP contribution in [0.4, 0.5) is 11.4 Å². The molecule has 0 amide bonds. The highest BCUT2D eigenvalue weighted by Gasteiger charge is 2.38. The maximum Gasteiger partial charge on any atom is 0.221 e. The zero-order valence-electron chi connectivity index (χ0n) is 20.9. The number of rotatable bonds is 5. The highest BCUT2D eigenvalue weighted by atomic mass is 16.5. The number of pyridine rings is 3. The van der Waals surface area contributed by atoms with Crippen LogP contribution in [0.3, 0.4) is 0 Å². The highest BCUT2D eigenvalue weighted by Crippen LogP contribution is 2.51. The number of hydrogen-bond acceptors (Lipinski definition) is 6. The van der Waals surface area contributed by atoms with Crippen molar-refractivity contribution in [1.29, 1.82) is 0 Å². The Kier molecular flexibility index (Phi) is 5.37. The van der Waals surface area contributed by atoms with Crippen LogP contribution in [0.15, 0.2) is 97.5 Å². The summed E-state index contributed by atoms with van der Waals surface area (Å²) in [5.41, 5.74) is 7.27. The predicted molar refractivity (Wildman–Crippen MR) is 146 cm³/mol. The normalized spacial score (nSPS) is 13.1. The average molecular weight is 487 g/mol. The van der Waals surface area contributed by atoms with Crippen LogP contribution in [0.1, 0.15) is 25.0 Å². The fraction of sp³-hybridized carbons (Fsp3) is 0.129. The Morgan fingerprint density at radius 3 is 2.54 bits per heavy atom. The first kappa shape index (κ1) is 22.7. The Bertz CT molecular complexity index is 1620. The summed E-state index contributed by atoms with van der Waals surface area (Å²) < 4.78 is 6.15. The van der Waals surface area contributed by atoms with Crippen LogP contribution >= 0.6 is 0 Å². The van der Waals surface area contributed by atoms with Crippen LogP contribution in [-0.4, -0.2) is 27.1 Å². The van der Waals surface area contributed by atoms with E-state index in [4.69, 9.17) is 9.72 Å². The maximum absolute atomic E-state index is 10.6. The second-order valence-corrected chi connectivity index (χ2v) is 9.67. The summed E-state index contributed by atoms with van der Waals surface area (Å²) >= 11 is 0. The SMILES string of the molecule is CN(c1cccnc1)c1ccnc(Oc2cccc(-c3ccc4c(n3)-c3c(O)cccc3C4(C)C)c2)c1. The van der Waals surface area contributed by atoms with Crippen LogP contribution in [0.5, 0.6) is 17.4 Å². The molecular formula is C31H26N4O2. The minimum atomic E-state index is -0.223. The summed E-state index contributed by atoms with van der Waals surface area (Å²) in [6.45, 7) is 4.33. The van der Waals surface area contributed by atoms with Crippen LogP contribution in [0, 0.1) is 0 Å². The van der Waals surface area contributed by atoms with Gasteiger partial charge in [-0.1, -0.05) is 44.2 Å². The number of aromatic hydroxyl groups is 1. The topological polar surface area (TPSA) is 71.4 Å². The molecule has 6 rings (SSSR count). The molecule has 0 fully saturated rings. The molecular weight excluding hydrogens is 460 g/mol. The molecule has 6 nitrogen and oxygen atoms in total. The van der Waals surface area contributed by atoms with E-state index in [1.807, 2.05) is 78.8 Å². The van der Waals surface area contributed by atoms with Crippen LogP contribution in [0.25, 0.3) is 22.5 Å². The number of fused-ring (bicyclic) bond motifs is 3. The lowest BCUT2D eigenvalue weighted by atomic mass is 9.83. The van der Waals surface area contributed by atoms with Gasteiger partial charge in [-0.05, 0) is 53.6 Å². The average Bonchev–Trinajstić information content (AvgIpc) is 3.16. The number of aromatic nitrogens is 3. The van der Waals surface area contributed by atoms with E-state index in [0.717, 1.165) is 45.0 Å². The molecule has 2 aromatic carbocycles. The first-order valence-electron chi connectivity index (χ1n) is 12.1. The van der Waals surface area contributed by atoms with Crippen molar-refractivity contribution in [3.8, 4) is 39.9 Å². The molecule has 37 heavy (non-hydrogen) atoms. The Morgan fingerprint density at radius 2 is 1.70 bits per heavy atom. The lowest BCUT2D eigenvalue weighted by Crippen LogP contribution is -2.14. The molecule has 0 unspecified atom stereocenters. The van der Waals surface area contributed by atoms with Gasteiger partial charge in [0.15, 0.2) is 0 Å². The van der Waals surface area contributed by atoms with Crippen molar-refractivity contribution in [1.82, 2.24) is 15.0 Å². The molecule has 0 saturated carbocycles. The third-order valence-corrected chi connectivity index (χ3v) is 7.01. The van der Waals surface area contributed by atoms with Crippen molar-refractivity contribution in [3.63, 3.8) is 0 Å². The Hall–Kier alpha value is -4.71. The van der Waals surface area contributed by atoms with E-state index in [2.05, 4.69) is 35.9 Å². The fourth-order valence-electron chi connectivity index (χ4n) is 4.97. The van der Waals surface area contributed by atoms with Crippen molar-refractivity contribution < 1.29 is 9.84 Å². The third-order valence-electron chi connectivity index (χ3n) is 7.01. The number of anilines is 2. The molecule has 1 N–H and O–H groups in total. The minimum Gasteiger partial charge on any atom is -0.507 e. The smallest absolute Gasteiger partial charge is 0.221 e. The van der Waals surface area contributed by atoms with Gasteiger partial charge in [0.05, 0.1) is 23.3 Å². The number of hydrogen-bond donors (Lipinski definition) is 1. The van der Waals surface area contributed by atoms with E-state index in [9.17, 15) is 5.11 Å². The predicted octanol–water partition coefficient (Wildman–Crippen LogP) is 7.11. The first-order chi connectivity index (χ1) is 17.9. The van der Waals surface area contributed by atoms with E-state index in [1.54, 1.807) is 18.5 Å². The molecule has 0 radical (unpaired) electrons.